The lowest BCUT2D eigenvalue weighted by Gasteiger charge is -2.36. The molecular formula is C24H31N3O3S. The molecule has 1 aliphatic rings. The van der Waals surface area contributed by atoms with Gasteiger partial charge in [-0.15, -0.1) is 11.3 Å². The maximum Gasteiger partial charge on any atom is 0.263 e. The van der Waals surface area contributed by atoms with Gasteiger partial charge in [0.2, 0.25) is 5.91 Å². The molecule has 2 N–H and O–H groups in total. The normalized spacial score (nSPS) is 16.4. The van der Waals surface area contributed by atoms with Gasteiger partial charge in [0.1, 0.15) is 6.04 Å². The molecule has 1 aliphatic heterocycles. The largest absolute Gasteiger partial charge is 0.352 e. The molecule has 3 amide bonds. The summed E-state index contributed by atoms with van der Waals surface area (Å²) in [5.41, 5.74) is 1.45. The molecule has 0 aliphatic carbocycles. The van der Waals surface area contributed by atoms with Crippen LogP contribution in [0.15, 0.2) is 41.8 Å². The van der Waals surface area contributed by atoms with E-state index in [1.165, 1.54) is 11.3 Å². The number of likely N-dealkylation sites (tertiary alicyclic amines) is 1. The van der Waals surface area contributed by atoms with E-state index >= 15 is 0 Å². The monoisotopic (exact) mass is 441 g/mol. The van der Waals surface area contributed by atoms with Gasteiger partial charge in [-0.1, -0.05) is 31.2 Å². The number of thiophene rings is 1. The van der Waals surface area contributed by atoms with Crippen LogP contribution in [0.2, 0.25) is 0 Å². The van der Waals surface area contributed by atoms with Crippen LogP contribution >= 0.6 is 11.3 Å². The molecule has 0 saturated carbocycles. The van der Waals surface area contributed by atoms with Gasteiger partial charge in [-0.25, -0.2) is 0 Å². The zero-order valence-corrected chi connectivity index (χ0v) is 19.2. The Morgan fingerprint density at radius 3 is 2.42 bits per heavy atom. The summed E-state index contributed by atoms with van der Waals surface area (Å²) in [4.78, 5) is 41.2. The van der Waals surface area contributed by atoms with E-state index < -0.39 is 6.04 Å². The second kappa shape index (κ2) is 10.6. The number of hydrogen-bond acceptors (Lipinski definition) is 4. The molecule has 0 spiro atoms. The van der Waals surface area contributed by atoms with E-state index in [1.807, 2.05) is 61.4 Å². The van der Waals surface area contributed by atoms with Crippen molar-refractivity contribution in [3.05, 3.63) is 57.8 Å². The first-order valence-electron chi connectivity index (χ1n) is 10.9. The third-order valence-electron chi connectivity index (χ3n) is 5.99. The van der Waals surface area contributed by atoms with Crippen LogP contribution < -0.4 is 10.6 Å². The summed E-state index contributed by atoms with van der Waals surface area (Å²) in [5.74, 6) is -0.374. The number of hydrogen-bond donors (Lipinski definition) is 2. The van der Waals surface area contributed by atoms with E-state index in [2.05, 4.69) is 10.6 Å². The van der Waals surface area contributed by atoms with E-state index in [-0.39, 0.29) is 29.7 Å². The third kappa shape index (κ3) is 5.73. The van der Waals surface area contributed by atoms with Crippen molar-refractivity contribution in [1.29, 1.82) is 0 Å². The number of nitrogens with one attached hydrogen (secondary N) is 2. The summed E-state index contributed by atoms with van der Waals surface area (Å²) in [6.45, 7) is 7.02. The van der Waals surface area contributed by atoms with Gasteiger partial charge in [-0.2, -0.15) is 0 Å². The average Bonchev–Trinajstić information content (AvgIpc) is 3.32. The molecule has 7 heteroatoms. The number of amides is 3. The molecule has 166 valence electrons. The van der Waals surface area contributed by atoms with Crippen LogP contribution in [0.4, 0.5) is 0 Å². The van der Waals surface area contributed by atoms with Crippen LogP contribution in [-0.2, 0) is 4.79 Å². The Bertz CT molecular complexity index is 905. The van der Waals surface area contributed by atoms with Crippen LogP contribution in [0, 0.1) is 12.8 Å². The molecule has 2 atom stereocenters. The molecule has 2 aromatic rings. The molecule has 3 rings (SSSR count). The van der Waals surface area contributed by atoms with Crippen LogP contribution in [0.5, 0.6) is 0 Å². The first kappa shape index (κ1) is 23.0. The fraction of sp³-hybridized carbons (Fsp3) is 0.458. The van der Waals surface area contributed by atoms with Crippen molar-refractivity contribution in [2.75, 3.05) is 13.1 Å². The molecule has 0 bridgehead atoms. The standard InChI is InChI=1S/C24H31N3O3S/c1-4-17(3)25-23(29)21(26-22(28)19-9-6-5-8-16(19)2)18-11-13-27(14-12-18)24(30)20-10-7-15-31-20/h5-10,15,17-18,21H,4,11-14H2,1-3H3,(H,25,29)(H,26,28). The highest BCUT2D eigenvalue weighted by Crippen LogP contribution is 2.24. The van der Waals surface area contributed by atoms with Gasteiger partial charge >= 0.3 is 0 Å². The number of aryl methyl sites for hydroxylation is 1. The average molecular weight is 442 g/mol. The lowest BCUT2D eigenvalue weighted by molar-refractivity contribution is -0.125. The van der Waals surface area contributed by atoms with Gasteiger partial charge in [0.15, 0.2) is 0 Å². The predicted octanol–water partition coefficient (Wildman–Crippen LogP) is 3.62. The quantitative estimate of drug-likeness (QED) is 0.689. The van der Waals surface area contributed by atoms with Gasteiger partial charge in [0.05, 0.1) is 4.88 Å². The van der Waals surface area contributed by atoms with Crippen LogP contribution in [-0.4, -0.2) is 47.8 Å². The lowest BCUT2D eigenvalue weighted by atomic mass is 9.88. The van der Waals surface area contributed by atoms with E-state index in [4.69, 9.17) is 0 Å². The third-order valence-corrected chi connectivity index (χ3v) is 6.85. The van der Waals surface area contributed by atoms with E-state index in [1.54, 1.807) is 6.07 Å². The topological polar surface area (TPSA) is 78.5 Å². The minimum absolute atomic E-state index is 0.0237. The van der Waals surface area contributed by atoms with Crippen molar-refractivity contribution in [3.8, 4) is 0 Å². The zero-order valence-electron chi connectivity index (χ0n) is 18.4. The van der Waals surface area contributed by atoms with E-state index in [9.17, 15) is 14.4 Å². The zero-order chi connectivity index (χ0) is 22.4. The van der Waals surface area contributed by atoms with Crippen molar-refractivity contribution < 1.29 is 14.4 Å². The highest BCUT2D eigenvalue weighted by Gasteiger charge is 2.34. The van der Waals surface area contributed by atoms with Crippen LogP contribution in [0.25, 0.3) is 0 Å². The summed E-state index contributed by atoms with van der Waals surface area (Å²) < 4.78 is 0. The van der Waals surface area contributed by atoms with Crippen molar-refractivity contribution in [2.24, 2.45) is 5.92 Å². The Labute approximate surface area is 188 Å². The summed E-state index contributed by atoms with van der Waals surface area (Å²) in [5, 5.41) is 7.91. The molecular weight excluding hydrogens is 410 g/mol. The molecule has 31 heavy (non-hydrogen) atoms. The number of benzene rings is 1. The number of carbonyl (C=O) groups is 3. The summed E-state index contributed by atoms with van der Waals surface area (Å²) in [6.07, 6.45) is 2.16. The molecule has 0 radical (unpaired) electrons. The summed E-state index contributed by atoms with van der Waals surface area (Å²) in [6, 6.07) is 10.5. The predicted molar refractivity (Wildman–Crippen MR) is 123 cm³/mol. The van der Waals surface area contributed by atoms with Gasteiger partial charge in [-0.3, -0.25) is 14.4 Å². The Kier molecular flexibility index (Phi) is 7.85. The number of piperidine rings is 1. The van der Waals surface area contributed by atoms with Gasteiger partial charge < -0.3 is 15.5 Å². The minimum atomic E-state index is -0.625. The molecule has 1 fully saturated rings. The van der Waals surface area contributed by atoms with E-state index in [0.717, 1.165) is 16.9 Å². The molecule has 1 saturated heterocycles. The number of rotatable bonds is 7. The molecule has 1 aromatic heterocycles. The van der Waals surface area contributed by atoms with E-state index in [0.29, 0.717) is 31.5 Å². The fourth-order valence-electron chi connectivity index (χ4n) is 3.87. The van der Waals surface area contributed by atoms with Crippen molar-refractivity contribution in [1.82, 2.24) is 15.5 Å². The van der Waals surface area contributed by atoms with Crippen molar-refractivity contribution >= 4 is 29.1 Å². The molecule has 2 heterocycles. The van der Waals surface area contributed by atoms with Crippen molar-refractivity contribution in [2.45, 2.75) is 52.1 Å². The maximum atomic E-state index is 13.1. The maximum absolute atomic E-state index is 13.1. The fourth-order valence-corrected chi connectivity index (χ4v) is 4.56. The number of nitrogens with zero attached hydrogens (tertiary/aromatic N) is 1. The smallest absolute Gasteiger partial charge is 0.263 e. The molecule has 2 unspecified atom stereocenters. The Morgan fingerprint density at radius 2 is 1.81 bits per heavy atom. The highest BCUT2D eigenvalue weighted by molar-refractivity contribution is 7.12. The number of carbonyl (C=O) groups excluding carboxylic acids is 3. The van der Waals surface area contributed by atoms with Crippen molar-refractivity contribution in [3.63, 3.8) is 0 Å². The second-order valence-corrected chi connectivity index (χ2v) is 9.14. The first-order valence-corrected chi connectivity index (χ1v) is 11.8. The Balaban J connectivity index is 1.71. The summed E-state index contributed by atoms with van der Waals surface area (Å²) in [7, 11) is 0. The Hall–Kier alpha value is -2.67. The minimum Gasteiger partial charge on any atom is -0.352 e. The first-order chi connectivity index (χ1) is 14.9. The van der Waals surface area contributed by atoms with Crippen LogP contribution in [0.1, 0.15) is 58.7 Å². The SMILES string of the molecule is CCC(C)NC(=O)C(NC(=O)c1ccccc1C)C1CCN(C(=O)c2cccs2)CC1. The second-order valence-electron chi connectivity index (χ2n) is 8.19. The molecule has 6 nitrogen and oxygen atoms in total. The summed E-state index contributed by atoms with van der Waals surface area (Å²) >= 11 is 1.44. The highest BCUT2D eigenvalue weighted by atomic mass is 32.1. The molecule has 1 aromatic carbocycles. The lowest BCUT2D eigenvalue weighted by Crippen LogP contribution is -2.55. The van der Waals surface area contributed by atoms with Gasteiger partial charge in [-0.05, 0) is 62.1 Å². The van der Waals surface area contributed by atoms with Crippen LogP contribution in [0.3, 0.4) is 0 Å². The van der Waals surface area contributed by atoms with Gasteiger partial charge in [0, 0.05) is 24.7 Å². The van der Waals surface area contributed by atoms with Gasteiger partial charge in [0.25, 0.3) is 11.8 Å². The Morgan fingerprint density at radius 1 is 1.10 bits per heavy atom.